The predicted octanol–water partition coefficient (Wildman–Crippen LogP) is 2.09. The first-order chi connectivity index (χ1) is 8.31. The smallest absolute Gasteiger partial charge is 0.171 e. The lowest BCUT2D eigenvalue weighted by Crippen LogP contribution is -2.24. The highest BCUT2D eigenvalue weighted by Gasteiger charge is 2.10. The Labute approximate surface area is 101 Å². The summed E-state index contributed by atoms with van der Waals surface area (Å²) in [6, 6.07) is 10.3. The minimum Gasteiger partial charge on any atom is -0.381 e. The maximum absolute atomic E-state index is 5.84. The highest BCUT2D eigenvalue weighted by Crippen LogP contribution is 2.18. The molecule has 88 valence electrons. The predicted molar refractivity (Wildman–Crippen MR) is 69.6 cm³/mol. The first kappa shape index (κ1) is 11.4. The molecule has 0 aliphatic carbocycles. The molecular weight excluding hydrogens is 212 g/mol. The summed E-state index contributed by atoms with van der Waals surface area (Å²) in [7, 11) is 0. The molecule has 1 aromatic heterocycles. The van der Waals surface area contributed by atoms with Crippen LogP contribution in [0, 0.1) is 0 Å². The summed E-state index contributed by atoms with van der Waals surface area (Å²) in [5.74, 6) is 1.23. The summed E-state index contributed by atoms with van der Waals surface area (Å²) < 4.78 is 0. The van der Waals surface area contributed by atoms with Gasteiger partial charge in [0, 0.05) is 25.5 Å². The van der Waals surface area contributed by atoms with Crippen molar-refractivity contribution in [3.63, 3.8) is 0 Å². The van der Waals surface area contributed by atoms with E-state index < -0.39 is 0 Å². The zero-order valence-electron chi connectivity index (χ0n) is 9.87. The fourth-order valence-electron chi connectivity index (χ4n) is 1.73. The van der Waals surface area contributed by atoms with Gasteiger partial charge in [0.15, 0.2) is 11.6 Å². The van der Waals surface area contributed by atoms with Crippen LogP contribution in [0.15, 0.2) is 42.7 Å². The molecule has 1 aromatic carbocycles. The molecule has 1 heterocycles. The van der Waals surface area contributed by atoms with Crippen molar-refractivity contribution in [1.29, 1.82) is 0 Å². The van der Waals surface area contributed by atoms with Crippen molar-refractivity contribution in [1.82, 2.24) is 9.97 Å². The molecular formula is C13H16N4. The van der Waals surface area contributed by atoms with Crippen molar-refractivity contribution in [3.8, 4) is 0 Å². The molecule has 0 fully saturated rings. The Morgan fingerprint density at radius 1 is 1.12 bits per heavy atom. The number of nitrogen functional groups attached to an aromatic ring is 1. The van der Waals surface area contributed by atoms with Crippen LogP contribution in [0.5, 0.6) is 0 Å². The van der Waals surface area contributed by atoms with Gasteiger partial charge in [0.25, 0.3) is 0 Å². The first-order valence-electron chi connectivity index (χ1n) is 5.66. The lowest BCUT2D eigenvalue weighted by molar-refractivity contribution is 0.811. The van der Waals surface area contributed by atoms with E-state index in [1.807, 2.05) is 18.2 Å². The molecule has 0 saturated heterocycles. The van der Waals surface area contributed by atoms with E-state index in [2.05, 4.69) is 33.9 Å². The third-order valence-electron chi connectivity index (χ3n) is 2.60. The van der Waals surface area contributed by atoms with Gasteiger partial charge in [-0.1, -0.05) is 30.3 Å². The highest BCUT2D eigenvalue weighted by atomic mass is 15.2. The van der Waals surface area contributed by atoms with Gasteiger partial charge in [-0.05, 0) is 12.5 Å². The topological polar surface area (TPSA) is 55.0 Å². The maximum Gasteiger partial charge on any atom is 0.171 e. The van der Waals surface area contributed by atoms with E-state index in [9.17, 15) is 0 Å². The van der Waals surface area contributed by atoms with Crippen molar-refractivity contribution in [3.05, 3.63) is 48.3 Å². The molecule has 4 nitrogen and oxygen atoms in total. The molecule has 0 radical (unpaired) electrons. The van der Waals surface area contributed by atoms with Crippen LogP contribution in [0.1, 0.15) is 12.5 Å². The number of hydrogen-bond donors (Lipinski definition) is 1. The van der Waals surface area contributed by atoms with E-state index in [1.54, 1.807) is 12.4 Å². The summed E-state index contributed by atoms with van der Waals surface area (Å²) in [6.45, 7) is 3.72. The molecule has 4 heteroatoms. The zero-order valence-corrected chi connectivity index (χ0v) is 9.87. The zero-order chi connectivity index (χ0) is 12.1. The summed E-state index contributed by atoms with van der Waals surface area (Å²) in [6.07, 6.45) is 3.27. The third kappa shape index (κ3) is 2.72. The Kier molecular flexibility index (Phi) is 3.55. The van der Waals surface area contributed by atoms with Gasteiger partial charge >= 0.3 is 0 Å². The van der Waals surface area contributed by atoms with Crippen LogP contribution in [-0.4, -0.2) is 16.5 Å². The van der Waals surface area contributed by atoms with Crippen LogP contribution in [0.25, 0.3) is 0 Å². The minimum atomic E-state index is 0.477. The van der Waals surface area contributed by atoms with Crippen LogP contribution in [-0.2, 0) is 6.54 Å². The van der Waals surface area contributed by atoms with Gasteiger partial charge in [-0.25, -0.2) is 9.97 Å². The maximum atomic E-state index is 5.84. The monoisotopic (exact) mass is 228 g/mol. The third-order valence-corrected chi connectivity index (χ3v) is 2.60. The van der Waals surface area contributed by atoms with Gasteiger partial charge in [-0.3, -0.25) is 0 Å². The summed E-state index contributed by atoms with van der Waals surface area (Å²) in [5.41, 5.74) is 7.07. The molecule has 0 unspecified atom stereocenters. The number of hydrogen-bond acceptors (Lipinski definition) is 4. The number of nitrogens with zero attached hydrogens (tertiary/aromatic N) is 3. The van der Waals surface area contributed by atoms with Crippen molar-refractivity contribution in [2.45, 2.75) is 13.5 Å². The minimum absolute atomic E-state index is 0.477. The van der Waals surface area contributed by atoms with Crippen molar-refractivity contribution < 1.29 is 0 Å². The Hall–Kier alpha value is -2.10. The lowest BCUT2D eigenvalue weighted by atomic mass is 10.2. The van der Waals surface area contributed by atoms with Crippen LogP contribution < -0.4 is 10.6 Å². The fraction of sp³-hybridized carbons (Fsp3) is 0.231. The van der Waals surface area contributed by atoms with Gasteiger partial charge in [-0.2, -0.15) is 0 Å². The number of rotatable bonds is 4. The Morgan fingerprint density at radius 2 is 1.82 bits per heavy atom. The van der Waals surface area contributed by atoms with E-state index in [-0.39, 0.29) is 0 Å². The van der Waals surface area contributed by atoms with Gasteiger partial charge in [0.2, 0.25) is 0 Å². The molecule has 17 heavy (non-hydrogen) atoms. The van der Waals surface area contributed by atoms with E-state index in [4.69, 9.17) is 5.73 Å². The normalized spacial score (nSPS) is 10.2. The molecule has 2 N–H and O–H groups in total. The van der Waals surface area contributed by atoms with Gasteiger partial charge in [0.1, 0.15) is 0 Å². The second kappa shape index (κ2) is 5.30. The lowest BCUT2D eigenvalue weighted by Gasteiger charge is -2.22. The number of aromatic nitrogens is 2. The van der Waals surface area contributed by atoms with Gasteiger partial charge in [0.05, 0.1) is 0 Å². The largest absolute Gasteiger partial charge is 0.381 e. The van der Waals surface area contributed by atoms with E-state index >= 15 is 0 Å². The van der Waals surface area contributed by atoms with Crippen LogP contribution >= 0.6 is 0 Å². The summed E-state index contributed by atoms with van der Waals surface area (Å²) in [5, 5.41) is 0. The molecule has 0 amide bonds. The Bertz CT molecular complexity index is 470. The summed E-state index contributed by atoms with van der Waals surface area (Å²) in [4.78, 5) is 10.5. The summed E-state index contributed by atoms with van der Waals surface area (Å²) >= 11 is 0. The number of anilines is 2. The standard InChI is InChI=1S/C13H16N4/c1-2-17(10-11-6-4-3-5-7-11)13-12(14)15-8-9-16-13/h3-9H,2,10H2,1H3,(H2,14,15). The van der Waals surface area contributed by atoms with Crippen LogP contribution in [0.3, 0.4) is 0 Å². The molecule has 0 aliphatic rings. The number of benzene rings is 1. The molecule has 0 spiro atoms. The second-order valence-electron chi connectivity index (χ2n) is 3.76. The van der Waals surface area contributed by atoms with Crippen molar-refractivity contribution in [2.24, 2.45) is 0 Å². The van der Waals surface area contributed by atoms with E-state index in [0.717, 1.165) is 18.9 Å². The molecule has 0 bridgehead atoms. The quantitative estimate of drug-likeness (QED) is 0.870. The van der Waals surface area contributed by atoms with E-state index in [1.165, 1.54) is 5.56 Å². The average molecular weight is 228 g/mol. The van der Waals surface area contributed by atoms with Crippen molar-refractivity contribution >= 4 is 11.6 Å². The Balaban J connectivity index is 2.21. The van der Waals surface area contributed by atoms with Crippen LogP contribution in [0.4, 0.5) is 11.6 Å². The average Bonchev–Trinajstić information content (AvgIpc) is 2.38. The molecule has 2 rings (SSSR count). The van der Waals surface area contributed by atoms with Crippen LogP contribution in [0.2, 0.25) is 0 Å². The SMILES string of the molecule is CCN(Cc1ccccc1)c1nccnc1N. The second-order valence-corrected chi connectivity index (χ2v) is 3.76. The molecule has 0 atom stereocenters. The molecule has 2 aromatic rings. The van der Waals surface area contributed by atoms with Crippen molar-refractivity contribution in [2.75, 3.05) is 17.2 Å². The van der Waals surface area contributed by atoms with Gasteiger partial charge in [-0.15, -0.1) is 0 Å². The first-order valence-corrected chi connectivity index (χ1v) is 5.66. The molecule has 0 saturated carbocycles. The van der Waals surface area contributed by atoms with E-state index in [0.29, 0.717) is 5.82 Å². The fourth-order valence-corrected chi connectivity index (χ4v) is 1.73. The number of nitrogens with two attached hydrogens (primary N) is 1. The van der Waals surface area contributed by atoms with Gasteiger partial charge < -0.3 is 10.6 Å². The highest BCUT2D eigenvalue weighted by molar-refractivity contribution is 5.57. The Morgan fingerprint density at radius 3 is 2.47 bits per heavy atom. The molecule has 0 aliphatic heterocycles.